The summed E-state index contributed by atoms with van der Waals surface area (Å²) in [6.45, 7) is 1.98. The molecule has 0 saturated carbocycles. The van der Waals surface area contributed by atoms with Crippen molar-refractivity contribution >= 4 is 17.0 Å². The van der Waals surface area contributed by atoms with Crippen molar-refractivity contribution in [2.24, 2.45) is 0 Å². The van der Waals surface area contributed by atoms with Crippen LogP contribution in [0.15, 0.2) is 46.9 Å². The van der Waals surface area contributed by atoms with E-state index >= 15 is 0 Å². The fraction of sp³-hybridized carbons (Fsp3) is 0.158. The number of phenolic OH excluding ortho intramolecular Hbond substituents is 1. The maximum atomic E-state index is 9.76. The zero-order chi connectivity index (χ0) is 16.4. The summed E-state index contributed by atoms with van der Waals surface area (Å²) in [7, 11) is 3.09. The van der Waals surface area contributed by atoms with E-state index in [1.165, 1.54) is 12.1 Å². The highest BCUT2D eigenvalue weighted by atomic mass is 16.5. The van der Waals surface area contributed by atoms with Crippen molar-refractivity contribution in [2.75, 3.05) is 14.2 Å². The molecular weight excluding hydrogens is 292 g/mol. The van der Waals surface area contributed by atoms with Gasteiger partial charge in [0.15, 0.2) is 0 Å². The van der Waals surface area contributed by atoms with Crippen LogP contribution in [0.4, 0.5) is 0 Å². The fourth-order valence-corrected chi connectivity index (χ4v) is 2.61. The van der Waals surface area contributed by atoms with E-state index < -0.39 is 0 Å². The average molecular weight is 310 g/mol. The Hall–Kier alpha value is -2.88. The van der Waals surface area contributed by atoms with Gasteiger partial charge in [-0.25, -0.2) is 0 Å². The van der Waals surface area contributed by atoms with E-state index in [-0.39, 0.29) is 5.75 Å². The standard InChI is InChI=1S/C19H18O4/c1-4-5-12-6-7-13-9-18(23-15(13)8-12)19-16(21-2)10-14(20)11-17(19)22-3/h4-11,20H,1-3H3. The van der Waals surface area contributed by atoms with Crippen LogP contribution in [0, 0.1) is 0 Å². The van der Waals surface area contributed by atoms with Crippen molar-refractivity contribution in [3.05, 3.63) is 48.0 Å². The van der Waals surface area contributed by atoms with Gasteiger partial charge in [-0.3, -0.25) is 0 Å². The quantitative estimate of drug-likeness (QED) is 0.748. The lowest BCUT2D eigenvalue weighted by atomic mass is 10.1. The number of furan rings is 1. The van der Waals surface area contributed by atoms with Gasteiger partial charge in [0.05, 0.1) is 14.2 Å². The number of hydrogen-bond acceptors (Lipinski definition) is 4. The maximum Gasteiger partial charge on any atom is 0.142 e. The van der Waals surface area contributed by atoms with Crippen LogP contribution in [0.3, 0.4) is 0 Å². The minimum Gasteiger partial charge on any atom is -0.508 e. The van der Waals surface area contributed by atoms with Crippen LogP contribution in [-0.2, 0) is 0 Å². The first kappa shape index (κ1) is 15.0. The predicted octanol–water partition coefficient (Wildman–Crippen LogP) is 4.86. The highest BCUT2D eigenvalue weighted by Crippen LogP contribution is 2.43. The number of phenols is 1. The molecule has 3 rings (SSSR count). The van der Waals surface area contributed by atoms with Gasteiger partial charge in [0.1, 0.15) is 34.2 Å². The number of benzene rings is 2. The Balaban J connectivity index is 2.20. The summed E-state index contributed by atoms with van der Waals surface area (Å²) < 4.78 is 16.7. The van der Waals surface area contributed by atoms with E-state index in [1.807, 2.05) is 43.3 Å². The lowest BCUT2D eigenvalue weighted by molar-refractivity contribution is 0.386. The third kappa shape index (κ3) is 2.75. The summed E-state index contributed by atoms with van der Waals surface area (Å²) in [5.74, 6) is 1.70. The monoisotopic (exact) mass is 310 g/mol. The highest BCUT2D eigenvalue weighted by molar-refractivity contribution is 5.87. The van der Waals surface area contributed by atoms with Crippen molar-refractivity contribution in [2.45, 2.75) is 6.92 Å². The van der Waals surface area contributed by atoms with Gasteiger partial charge < -0.3 is 19.0 Å². The topological polar surface area (TPSA) is 51.8 Å². The molecular formula is C19H18O4. The number of allylic oxidation sites excluding steroid dienone is 1. The second kappa shape index (κ2) is 6.08. The molecule has 0 atom stereocenters. The number of rotatable bonds is 4. The molecule has 118 valence electrons. The summed E-state index contributed by atoms with van der Waals surface area (Å²) in [6, 6.07) is 11.0. The van der Waals surface area contributed by atoms with E-state index in [0.717, 1.165) is 16.5 Å². The van der Waals surface area contributed by atoms with E-state index in [9.17, 15) is 5.11 Å². The lowest BCUT2D eigenvalue weighted by Crippen LogP contribution is -1.92. The molecule has 4 nitrogen and oxygen atoms in total. The summed E-state index contributed by atoms with van der Waals surface area (Å²) in [5, 5.41) is 10.8. The van der Waals surface area contributed by atoms with Crippen LogP contribution >= 0.6 is 0 Å². The van der Waals surface area contributed by atoms with Crippen LogP contribution in [0.25, 0.3) is 28.4 Å². The Morgan fingerprint density at radius 1 is 1.00 bits per heavy atom. The first-order valence-corrected chi connectivity index (χ1v) is 7.28. The van der Waals surface area contributed by atoms with Crippen molar-refractivity contribution in [1.82, 2.24) is 0 Å². The van der Waals surface area contributed by atoms with Crippen molar-refractivity contribution in [1.29, 1.82) is 0 Å². The van der Waals surface area contributed by atoms with E-state index in [2.05, 4.69) is 0 Å². The Bertz CT molecular complexity index is 849. The second-order valence-electron chi connectivity index (χ2n) is 5.13. The number of hydrogen-bond donors (Lipinski definition) is 1. The third-order valence-corrected chi connectivity index (χ3v) is 3.64. The molecule has 0 saturated heterocycles. The van der Waals surface area contributed by atoms with Gasteiger partial charge in [-0.1, -0.05) is 24.3 Å². The van der Waals surface area contributed by atoms with Crippen LogP contribution in [-0.4, -0.2) is 19.3 Å². The average Bonchev–Trinajstić information content (AvgIpc) is 2.96. The number of fused-ring (bicyclic) bond motifs is 1. The Morgan fingerprint density at radius 3 is 2.30 bits per heavy atom. The number of ether oxygens (including phenoxy) is 2. The third-order valence-electron chi connectivity index (χ3n) is 3.64. The molecule has 23 heavy (non-hydrogen) atoms. The molecule has 4 heteroatoms. The van der Waals surface area contributed by atoms with Crippen LogP contribution < -0.4 is 9.47 Å². The minimum atomic E-state index is 0.0777. The molecule has 0 aliphatic rings. The summed E-state index contributed by atoms with van der Waals surface area (Å²) in [4.78, 5) is 0. The first-order chi connectivity index (χ1) is 11.2. The SMILES string of the molecule is CC=Cc1ccc2cc(-c3c(OC)cc(O)cc3OC)oc2c1. The Morgan fingerprint density at radius 2 is 1.70 bits per heavy atom. The Labute approximate surface area is 134 Å². The van der Waals surface area contributed by atoms with Crippen LogP contribution in [0.1, 0.15) is 12.5 Å². The second-order valence-corrected chi connectivity index (χ2v) is 5.13. The molecule has 1 aromatic heterocycles. The van der Waals surface area contributed by atoms with Gasteiger partial charge in [-0.15, -0.1) is 0 Å². The van der Waals surface area contributed by atoms with Crippen molar-refractivity contribution < 1.29 is 19.0 Å². The number of methoxy groups -OCH3 is 2. The van der Waals surface area contributed by atoms with E-state index in [0.29, 0.717) is 22.8 Å². The van der Waals surface area contributed by atoms with Gasteiger partial charge in [0.25, 0.3) is 0 Å². The smallest absolute Gasteiger partial charge is 0.142 e. The lowest BCUT2D eigenvalue weighted by Gasteiger charge is -2.11. The van der Waals surface area contributed by atoms with Gasteiger partial charge in [0, 0.05) is 17.5 Å². The highest BCUT2D eigenvalue weighted by Gasteiger charge is 2.18. The normalized spacial score (nSPS) is 11.3. The van der Waals surface area contributed by atoms with E-state index in [1.54, 1.807) is 14.2 Å². The van der Waals surface area contributed by atoms with Crippen molar-refractivity contribution in [3.63, 3.8) is 0 Å². The van der Waals surface area contributed by atoms with Gasteiger partial charge in [0.2, 0.25) is 0 Å². The molecule has 0 aliphatic heterocycles. The number of aromatic hydroxyl groups is 1. The molecule has 0 spiro atoms. The molecule has 0 aliphatic carbocycles. The van der Waals surface area contributed by atoms with Crippen LogP contribution in [0.2, 0.25) is 0 Å². The molecule has 1 N–H and O–H groups in total. The predicted molar refractivity (Wildman–Crippen MR) is 91.1 cm³/mol. The van der Waals surface area contributed by atoms with Gasteiger partial charge in [-0.2, -0.15) is 0 Å². The van der Waals surface area contributed by atoms with Gasteiger partial charge >= 0.3 is 0 Å². The molecule has 0 radical (unpaired) electrons. The summed E-state index contributed by atoms with van der Waals surface area (Å²) in [6.07, 6.45) is 4.00. The first-order valence-electron chi connectivity index (χ1n) is 7.28. The Kier molecular flexibility index (Phi) is 3.98. The zero-order valence-electron chi connectivity index (χ0n) is 13.3. The minimum absolute atomic E-state index is 0.0777. The maximum absolute atomic E-state index is 9.76. The molecule has 0 unspecified atom stereocenters. The van der Waals surface area contributed by atoms with Crippen molar-refractivity contribution in [3.8, 4) is 28.6 Å². The largest absolute Gasteiger partial charge is 0.508 e. The van der Waals surface area contributed by atoms with E-state index in [4.69, 9.17) is 13.9 Å². The zero-order valence-corrected chi connectivity index (χ0v) is 13.3. The van der Waals surface area contributed by atoms with Crippen LogP contribution in [0.5, 0.6) is 17.2 Å². The fourth-order valence-electron chi connectivity index (χ4n) is 2.61. The molecule has 1 heterocycles. The molecule has 0 bridgehead atoms. The molecule has 0 fully saturated rings. The molecule has 0 amide bonds. The summed E-state index contributed by atoms with van der Waals surface area (Å²) >= 11 is 0. The molecule has 3 aromatic rings. The van der Waals surface area contributed by atoms with Gasteiger partial charge in [-0.05, 0) is 24.6 Å². The molecule has 2 aromatic carbocycles. The summed E-state index contributed by atoms with van der Waals surface area (Å²) in [5.41, 5.74) is 2.54.